The van der Waals surface area contributed by atoms with Gasteiger partial charge in [0.05, 0.1) is 30.9 Å². The lowest BCUT2D eigenvalue weighted by molar-refractivity contribution is -0.0373. The highest BCUT2D eigenvalue weighted by molar-refractivity contribution is 5.95. The second kappa shape index (κ2) is 6.04. The van der Waals surface area contributed by atoms with E-state index in [0.717, 1.165) is 0 Å². The zero-order chi connectivity index (χ0) is 14.6. The lowest BCUT2D eigenvalue weighted by atomic mass is 10.0. The molecule has 0 aromatic carbocycles. The van der Waals surface area contributed by atoms with Crippen LogP contribution in [0.5, 0.6) is 0 Å². The van der Waals surface area contributed by atoms with E-state index in [-0.39, 0.29) is 18.0 Å². The molecule has 0 aliphatic carbocycles. The van der Waals surface area contributed by atoms with Crippen LogP contribution >= 0.6 is 0 Å². The van der Waals surface area contributed by atoms with Crippen molar-refractivity contribution in [1.29, 1.82) is 0 Å². The van der Waals surface area contributed by atoms with Gasteiger partial charge in [-0.3, -0.25) is 4.79 Å². The number of rotatable bonds is 1. The number of morpholine rings is 1. The third kappa shape index (κ3) is 2.98. The number of hydrogen-bond donors (Lipinski definition) is 1. The summed E-state index contributed by atoms with van der Waals surface area (Å²) in [6.45, 7) is 5.86. The van der Waals surface area contributed by atoms with Gasteiger partial charge in [-0.1, -0.05) is 11.8 Å². The molecule has 2 heterocycles. The SMILES string of the molecule is CC1(C)COCCN1C(=O)c1ncccc1C#CCN. The molecule has 1 saturated heterocycles. The second-order valence-corrected chi connectivity index (χ2v) is 5.23. The molecule has 20 heavy (non-hydrogen) atoms. The summed E-state index contributed by atoms with van der Waals surface area (Å²) >= 11 is 0. The Balaban J connectivity index is 2.33. The summed E-state index contributed by atoms with van der Waals surface area (Å²) in [4.78, 5) is 18.7. The fraction of sp³-hybridized carbons (Fsp3) is 0.467. The van der Waals surface area contributed by atoms with Gasteiger partial charge in [-0.15, -0.1) is 0 Å². The number of amides is 1. The van der Waals surface area contributed by atoms with Gasteiger partial charge in [0.25, 0.3) is 5.91 Å². The van der Waals surface area contributed by atoms with Crippen LogP contribution in [0, 0.1) is 11.8 Å². The van der Waals surface area contributed by atoms with Gasteiger partial charge in [0, 0.05) is 12.7 Å². The Morgan fingerprint density at radius 3 is 3.10 bits per heavy atom. The third-order valence-electron chi connectivity index (χ3n) is 3.23. The van der Waals surface area contributed by atoms with Gasteiger partial charge < -0.3 is 15.4 Å². The Hall–Kier alpha value is -1.90. The predicted molar refractivity (Wildman–Crippen MR) is 76.1 cm³/mol. The quantitative estimate of drug-likeness (QED) is 0.763. The van der Waals surface area contributed by atoms with Crippen molar-refractivity contribution in [2.24, 2.45) is 5.73 Å². The fourth-order valence-electron chi connectivity index (χ4n) is 2.19. The smallest absolute Gasteiger partial charge is 0.274 e. The topological polar surface area (TPSA) is 68.5 Å². The zero-order valence-corrected chi connectivity index (χ0v) is 11.8. The predicted octanol–water partition coefficient (Wildman–Crippen LogP) is 0.643. The summed E-state index contributed by atoms with van der Waals surface area (Å²) in [5.74, 6) is 5.56. The highest BCUT2D eigenvalue weighted by Gasteiger charge is 2.35. The molecule has 5 nitrogen and oxygen atoms in total. The van der Waals surface area contributed by atoms with E-state index in [1.165, 1.54) is 0 Å². The Bertz CT molecular complexity index is 558. The fourth-order valence-corrected chi connectivity index (χ4v) is 2.19. The lowest BCUT2D eigenvalue weighted by Gasteiger charge is -2.42. The highest BCUT2D eigenvalue weighted by Crippen LogP contribution is 2.22. The maximum atomic E-state index is 12.7. The number of aromatic nitrogens is 1. The van der Waals surface area contributed by atoms with Crippen LogP contribution in [0.2, 0.25) is 0 Å². The van der Waals surface area contributed by atoms with Gasteiger partial charge in [-0.25, -0.2) is 4.98 Å². The molecule has 1 aromatic rings. The number of hydrogen-bond acceptors (Lipinski definition) is 4. The van der Waals surface area contributed by atoms with Crippen LogP contribution in [0.4, 0.5) is 0 Å². The molecular weight excluding hydrogens is 254 g/mol. The highest BCUT2D eigenvalue weighted by atomic mass is 16.5. The molecule has 1 aliphatic heterocycles. The van der Waals surface area contributed by atoms with Gasteiger partial charge in [0.1, 0.15) is 5.69 Å². The van der Waals surface area contributed by atoms with Crippen LogP contribution in [0.15, 0.2) is 18.3 Å². The molecular formula is C15H19N3O2. The minimum Gasteiger partial charge on any atom is -0.377 e. The minimum atomic E-state index is -0.342. The Morgan fingerprint density at radius 2 is 2.40 bits per heavy atom. The number of nitrogens with two attached hydrogens (primary N) is 1. The molecule has 1 amide bonds. The van der Waals surface area contributed by atoms with E-state index in [4.69, 9.17) is 10.5 Å². The average Bonchev–Trinajstić information content (AvgIpc) is 2.44. The van der Waals surface area contributed by atoms with Crippen LogP contribution in [0.1, 0.15) is 29.9 Å². The second-order valence-electron chi connectivity index (χ2n) is 5.23. The molecule has 2 rings (SSSR count). The molecule has 1 aromatic heterocycles. The number of carbonyl (C=O) groups excluding carboxylic acids is 1. The summed E-state index contributed by atoms with van der Waals surface area (Å²) in [6, 6.07) is 3.55. The minimum absolute atomic E-state index is 0.111. The molecule has 106 valence electrons. The summed E-state index contributed by atoms with van der Waals surface area (Å²) < 4.78 is 5.44. The van der Waals surface area contributed by atoms with E-state index in [0.29, 0.717) is 31.0 Å². The van der Waals surface area contributed by atoms with Gasteiger partial charge >= 0.3 is 0 Å². The molecule has 0 saturated carbocycles. The Morgan fingerprint density at radius 1 is 1.60 bits per heavy atom. The zero-order valence-electron chi connectivity index (χ0n) is 11.8. The summed E-state index contributed by atoms with van der Waals surface area (Å²) in [5, 5.41) is 0. The Kier molecular flexibility index (Phi) is 4.38. The average molecular weight is 273 g/mol. The van der Waals surface area contributed by atoms with Gasteiger partial charge in [0.2, 0.25) is 0 Å². The first-order chi connectivity index (χ1) is 9.56. The molecule has 0 spiro atoms. The molecule has 1 aliphatic rings. The molecule has 5 heteroatoms. The molecule has 0 radical (unpaired) electrons. The first-order valence-electron chi connectivity index (χ1n) is 6.60. The van der Waals surface area contributed by atoms with Crippen LogP contribution in [-0.4, -0.2) is 47.6 Å². The van der Waals surface area contributed by atoms with Crippen molar-refractivity contribution < 1.29 is 9.53 Å². The lowest BCUT2D eigenvalue weighted by Crippen LogP contribution is -2.55. The van der Waals surface area contributed by atoms with Crippen molar-refractivity contribution in [2.75, 3.05) is 26.3 Å². The molecule has 0 unspecified atom stereocenters. The number of carbonyl (C=O) groups is 1. The largest absolute Gasteiger partial charge is 0.377 e. The van der Waals surface area contributed by atoms with E-state index < -0.39 is 0 Å². The van der Waals surface area contributed by atoms with E-state index in [9.17, 15) is 4.79 Å². The summed E-state index contributed by atoms with van der Waals surface area (Å²) in [5.41, 5.74) is 6.03. The molecule has 2 N–H and O–H groups in total. The Labute approximate surface area is 119 Å². The van der Waals surface area contributed by atoms with Gasteiger partial charge in [-0.2, -0.15) is 0 Å². The summed E-state index contributed by atoms with van der Waals surface area (Å²) in [7, 11) is 0. The van der Waals surface area contributed by atoms with Crippen molar-refractivity contribution >= 4 is 5.91 Å². The first-order valence-corrected chi connectivity index (χ1v) is 6.60. The molecule has 0 atom stereocenters. The van der Waals surface area contributed by atoms with Crippen LogP contribution in [-0.2, 0) is 4.74 Å². The van der Waals surface area contributed by atoms with Crippen molar-refractivity contribution in [2.45, 2.75) is 19.4 Å². The van der Waals surface area contributed by atoms with Crippen molar-refractivity contribution in [3.05, 3.63) is 29.6 Å². The van der Waals surface area contributed by atoms with E-state index >= 15 is 0 Å². The van der Waals surface area contributed by atoms with E-state index in [1.807, 2.05) is 13.8 Å². The van der Waals surface area contributed by atoms with Crippen molar-refractivity contribution in [3.8, 4) is 11.8 Å². The maximum absolute atomic E-state index is 12.7. The van der Waals surface area contributed by atoms with E-state index in [2.05, 4.69) is 16.8 Å². The number of nitrogens with zero attached hydrogens (tertiary/aromatic N) is 2. The molecule has 0 bridgehead atoms. The normalized spacial score (nSPS) is 17.2. The maximum Gasteiger partial charge on any atom is 0.274 e. The van der Waals surface area contributed by atoms with Crippen LogP contribution in [0.3, 0.4) is 0 Å². The first kappa shape index (κ1) is 14.5. The summed E-state index contributed by atoms with van der Waals surface area (Å²) in [6.07, 6.45) is 1.61. The van der Waals surface area contributed by atoms with E-state index in [1.54, 1.807) is 23.2 Å². The molecule has 1 fully saturated rings. The number of ether oxygens (including phenoxy) is 1. The third-order valence-corrected chi connectivity index (χ3v) is 3.23. The van der Waals surface area contributed by atoms with Crippen LogP contribution in [0.25, 0.3) is 0 Å². The van der Waals surface area contributed by atoms with Crippen molar-refractivity contribution in [1.82, 2.24) is 9.88 Å². The monoisotopic (exact) mass is 273 g/mol. The van der Waals surface area contributed by atoms with Gasteiger partial charge in [-0.05, 0) is 26.0 Å². The van der Waals surface area contributed by atoms with Crippen LogP contribution < -0.4 is 5.73 Å². The van der Waals surface area contributed by atoms with Gasteiger partial charge in [0.15, 0.2) is 0 Å². The van der Waals surface area contributed by atoms with Crippen molar-refractivity contribution in [3.63, 3.8) is 0 Å². The number of pyridine rings is 1. The standard InChI is InChI=1S/C15H19N3O2/c1-15(2)11-20-10-9-18(15)14(19)13-12(5-3-7-16)6-4-8-17-13/h4,6,8H,7,9-11,16H2,1-2H3.